The Kier molecular flexibility index (Phi) is 4.47. The van der Waals surface area contributed by atoms with E-state index in [0.29, 0.717) is 13.2 Å². The fourth-order valence-electron chi connectivity index (χ4n) is 2.24. The first-order valence-corrected chi connectivity index (χ1v) is 7.30. The molecule has 0 radical (unpaired) electrons. The van der Waals surface area contributed by atoms with Gasteiger partial charge in [0.15, 0.2) is 0 Å². The first-order valence-electron chi connectivity index (χ1n) is 6.92. The molecule has 0 aliphatic heterocycles. The van der Waals surface area contributed by atoms with Crippen LogP contribution in [0.3, 0.4) is 0 Å². The van der Waals surface area contributed by atoms with E-state index < -0.39 is 5.24 Å². The van der Waals surface area contributed by atoms with Crippen molar-refractivity contribution in [2.24, 2.45) is 0 Å². The van der Waals surface area contributed by atoms with Gasteiger partial charge in [0.1, 0.15) is 5.69 Å². The quantitative estimate of drug-likeness (QED) is 0.658. The number of hydrogen-bond acceptors (Lipinski definition) is 3. The normalized spacial score (nSPS) is 10.8. The van der Waals surface area contributed by atoms with Gasteiger partial charge >= 0.3 is 0 Å². The topological polar surface area (TPSA) is 39.2 Å². The molecule has 0 N–H and O–H groups in total. The van der Waals surface area contributed by atoms with Crippen LogP contribution < -0.4 is 0 Å². The average Bonchev–Trinajstić information content (AvgIpc) is 2.55. The molecule has 110 valence electrons. The predicted molar refractivity (Wildman–Crippen MR) is 86.9 cm³/mol. The summed E-state index contributed by atoms with van der Waals surface area (Å²) in [4.78, 5) is 14.9. The third-order valence-corrected chi connectivity index (χ3v) is 3.57. The van der Waals surface area contributed by atoms with E-state index in [1.54, 1.807) is 18.3 Å². The van der Waals surface area contributed by atoms with Crippen LogP contribution in [0.25, 0.3) is 10.8 Å². The lowest BCUT2D eigenvalue weighted by Gasteiger charge is -2.06. The number of benzene rings is 2. The van der Waals surface area contributed by atoms with E-state index in [0.717, 1.165) is 11.1 Å². The number of nitrogens with zero attached hydrogens (tertiary/aromatic N) is 1. The van der Waals surface area contributed by atoms with Crippen molar-refractivity contribution in [3.63, 3.8) is 0 Å². The highest BCUT2D eigenvalue weighted by molar-refractivity contribution is 6.67. The SMILES string of the molecule is O=C(Cl)c1ccc(COCc2ccc3ccccc3c2)cn1. The zero-order valence-corrected chi connectivity index (χ0v) is 12.6. The van der Waals surface area contributed by atoms with Crippen LogP contribution >= 0.6 is 11.6 Å². The minimum absolute atomic E-state index is 0.250. The lowest BCUT2D eigenvalue weighted by atomic mass is 10.1. The summed E-state index contributed by atoms with van der Waals surface area (Å²) >= 11 is 5.35. The molecule has 3 rings (SSSR count). The third kappa shape index (κ3) is 3.50. The van der Waals surface area contributed by atoms with Crippen LogP contribution in [0.1, 0.15) is 21.6 Å². The highest BCUT2D eigenvalue weighted by Crippen LogP contribution is 2.16. The molecule has 0 amide bonds. The smallest absolute Gasteiger partial charge is 0.270 e. The minimum atomic E-state index is -0.552. The molecule has 0 aliphatic rings. The Balaban J connectivity index is 1.60. The Labute approximate surface area is 133 Å². The molecule has 0 fully saturated rings. The van der Waals surface area contributed by atoms with Gasteiger partial charge in [0.25, 0.3) is 5.24 Å². The summed E-state index contributed by atoms with van der Waals surface area (Å²) < 4.78 is 5.70. The Morgan fingerprint density at radius 1 is 0.955 bits per heavy atom. The van der Waals surface area contributed by atoms with Crippen LogP contribution in [0.5, 0.6) is 0 Å². The molecule has 0 aliphatic carbocycles. The van der Waals surface area contributed by atoms with Crippen molar-refractivity contribution in [2.45, 2.75) is 13.2 Å². The van der Waals surface area contributed by atoms with Crippen LogP contribution in [-0.2, 0) is 18.0 Å². The van der Waals surface area contributed by atoms with Gasteiger partial charge in [-0.2, -0.15) is 0 Å². The van der Waals surface area contributed by atoms with Gasteiger partial charge in [-0.3, -0.25) is 9.78 Å². The molecule has 1 aromatic heterocycles. The highest BCUT2D eigenvalue weighted by atomic mass is 35.5. The van der Waals surface area contributed by atoms with Crippen molar-refractivity contribution in [3.05, 3.63) is 77.6 Å². The molecule has 4 heteroatoms. The molecule has 0 spiro atoms. The number of halogens is 1. The number of aromatic nitrogens is 1. The van der Waals surface area contributed by atoms with E-state index in [2.05, 4.69) is 35.3 Å². The summed E-state index contributed by atoms with van der Waals surface area (Å²) in [6.07, 6.45) is 1.61. The van der Waals surface area contributed by atoms with E-state index >= 15 is 0 Å². The van der Waals surface area contributed by atoms with Crippen LogP contribution in [0.4, 0.5) is 0 Å². The van der Waals surface area contributed by atoms with Crippen molar-refractivity contribution in [2.75, 3.05) is 0 Å². The summed E-state index contributed by atoms with van der Waals surface area (Å²) in [6.45, 7) is 0.970. The molecule has 2 aromatic carbocycles. The number of pyridine rings is 1. The standard InChI is InChI=1S/C18H14ClNO2/c19-18(21)17-8-6-14(10-20-17)12-22-11-13-5-7-15-3-1-2-4-16(15)9-13/h1-10H,11-12H2. The van der Waals surface area contributed by atoms with Crippen molar-refractivity contribution in [3.8, 4) is 0 Å². The molecule has 22 heavy (non-hydrogen) atoms. The van der Waals surface area contributed by atoms with Gasteiger partial charge in [-0.15, -0.1) is 0 Å². The van der Waals surface area contributed by atoms with Gasteiger partial charge in [0.05, 0.1) is 13.2 Å². The van der Waals surface area contributed by atoms with Gasteiger partial charge in [0.2, 0.25) is 0 Å². The van der Waals surface area contributed by atoms with Crippen LogP contribution in [0.2, 0.25) is 0 Å². The van der Waals surface area contributed by atoms with E-state index in [1.165, 1.54) is 10.8 Å². The number of carbonyl (C=O) groups is 1. The first-order chi connectivity index (χ1) is 10.7. The van der Waals surface area contributed by atoms with Crippen LogP contribution in [-0.4, -0.2) is 10.2 Å². The number of hydrogen-bond donors (Lipinski definition) is 0. The second kappa shape index (κ2) is 6.69. The van der Waals surface area contributed by atoms with Crippen molar-refractivity contribution in [1.82, 2.24) is 4.98 Å². The Morgan fingerprint density at radius 3 is 2.41 bits per heavy atom. The van der Waals surface area contributed by atoms with Gasteiger partial charge in [-0.05, 0) is 45.6 Å². The number of rotatable bonds is 5. The monoisotopic (exact) mass is 311 g/mol. The molecule has 0 bridgehead atoms. The molecule has 3 nitrogen and oxygen atoms in total. The van der Waals surface area contributed by atoms with E-state index in [1.807, 2.05) is 12.1 Å². The second-order valence-corrected chi connectivity index (χ2v) is 5.34. The lowest BCUT2D eigenvalue weighted by Crippen LogP contribution is -1.98. The fourth-order valence-corrected chi connectivity index (χ4v) is 2.35. The zero-order chi connectivity index (χ0) is 15.4. The summed E-state index contributed by atoms with van der Waals surface area (Å²) in [5.41, 5.74) is 2.28. The van der Waals surface area contributed by atoms with Gasteiger partial charge < -0.3 is 4.74 Å². The third-order valence-electron chi connectivity index (χ3n) is 3.38. The number of ether oxygens (including phenoxy) is 1. The molecule has 0 unspecified atom stereocenters. The highest BCUT2D eigenvalue weighted by Gasteiger charge is 2.03. The summed E-state index contributed by atoms with van der Waals surface area (Å²) in [6, 6.07) is 17.9. The maximum atomic E-state index is 10.9. The predicted octanol–water partition coefficient (Wildman–Crippen LogP) is 4.33. The van der Waals surface area contributed by atoms with E-state index in [-0.39, 0.29) is 5.69 Å². The van der Waals surface area contributed by atoms with Gasteiger partial charge in [-0.1, -0.05) is 42.5 Å². The van der Waals surface area contributed by atoms with Crippen molar-refractivity contribution < 1.29 is 9.53 Å². The Bertz CT molecular complexity index is 800. The van der Waals surface area contributed by atoms with Crippen molar-refractivity contribution in [1.29, 1.82) is 0 Å². The number of fused-ring (bicyclic) bond motifs is 1. The molecular formula is C18H14ClNO2. The molecule has 3 aromatic rings. The van der Waals surface area contributed by atoms with Crippen LogP contribution in [0.15, 0.2) is 60.8 Å². The average molecular weight is 312 g/mol. The van der Waals surface area contributed by atoms with E-state index in [4.69, 9.17) is 16.3 Å². The minimum Gasteiger partial charge on any atom is -0.372 e. The van der Waals surface area contributed by atoms with Gasteiger partial charge in [0, 0.05) is 6.20 Å². The zero-order valence-electron chi connectivity index (χ0n) is 11.8. The summed E-state index contributed by atoms with van der Waals surface area (Å²) in [7, 11) is 0. The second-order valence-electron chi connectivity index (χ2n) is 5.00. The summed E-state index contributed by atoms with van der Waals surface area (Å²) in [5.74, 6) is 0. The van der Waals surface area contributed by atoms with Gasteiger partial charge in [-0.25, -0.2) is 0 Å². The Morgan fingerprint density at radius 2 is 1.68 bits per heavy atom. The first kappa shape index (κ1) is 14.7. The molecular weight excluding hydrogens is 298 g/mol. The molecule has 0 saturated heterocycles. The Hall–Kier alpha value is -2.23. The maximum Gasteiger partial charge on any atom is 0.270 e. The molecule has 1 heterocycles. The van der Waals surface area contributed by atoms with Crippen LogP contribution in [0, 0.1) is 0 Å². The largest absolute Gasteiger partial charge is 0.372 e. The van der Waals surface area contributed by atoms with Crippen molar-refractivity contribution >= 4 is 27.6 Å². The molecule has 0 atom stereocenters. The summed E-state index contributed by atoms with van der Waals surface area (Å²) in [5, 5.41) is 1.87. The number of carbonyl (C=O) groups excluding carboxylic acids is 1. The maximum absolute atomic E-state index is 10.9. The van der Waals surface area contributed by atoms with E-state index in [9.17, 15) is 4.79 Å². The molecule has 0 saturated carbocycles. The fraction of sp³-hybridized carbons (Fsp3) is 0.111. The lowest BCUT2D eigenvalue weighted by molar-refractivity contribution is 0.106.